The van der Waals surface area contributed by atoms with Crippen LogP contribution in [0.15, 0.2) is 97.1 Å². The lowest BCUT2D eigenvalue weighted by atomic mass is 9.83. The van der Waals surface area contributed by atoms with Gasteiger partial charge in [0.15, 0.2) is 0 Å². The number of rotatable bonds is 7. The quantitative estimate of drug-likeness (QED) is 0.239. The third-order valence-electron chi connectivity index (χ3n) is 6.45. The Kier molecular flexibility index (Phi) is 6.50. The Morgan fingerprint density at radius 3 is 1.50 bits per heavy atom. The minimum absolute atomic E-state index is 0.791. The fourth-order valence-electron chi connectivity index (χ4n) is 4.76. The summed E-state index contributed by atoms with van der Waals surface area (Å²) in [5.41, 5.74) is 6.35. The van der Waals surface area contributed by atoms with Gasteiger partial charge >= 0.3 is 0 Å². The molecule has 0 spiro atoms. The standard InChI is InChI=1S/C32H28O4/c1-33-25-13-5-9-21(17-25)28-20-24-12-8-16-29(36-4)31(24)32(23-11-7-15-27(19-23)35-3)30(28)22-10-6-14-26(18-22)34-2/h5-20H,1-4H3. The van der Waals surface area contributed by atoms with Crippen LogP contribution in [0.1, 0.15) is 0 Å². The van der Waals surface area contributed by atoms with Crippen molar-refractivity contribution >= 4 is 10.8 Å². The predicted octanol–water partition coefficient (Wildman–Crippen LogP) is 7.88. The Bertz CT molecular complexity index is 1540. The maximum absolute atomic E-state index is 5.89. The van der Waals surface area contributed by atoms with E-state index >= 15 is 0 Å². The first kappa shape index (κ1) is 23.3. The van der Waals surface area contributed by atoms with Crippen LogP contribution in [0.3, 0.4) is 0 Å². The van der Waals surface area contributed by atoms with E-state index in [4.69, 9.17) is 18.9 Å². The van der Waals surface area contributed by atoms with Gasteiger partial charge in [0.1, 0.15) is 23.0 Å². The van der Waals surface area contributed by atoms with E-state index in [1.54, 1.807) is 28.4 Å². The van der Waals surface area contributed by atoms with Gasteiger partial charge in [-0.15, -0.1) is 0 Å². The van der Waals surface area contributed by atoms with Crippen LogP contribution in [0.2, 0.25) is 0 Å². The first-order valence-electron chi connectivity index (χ1n) is 11.7. The molecule has 36 heavy (non-hydrogen) atoms. The molecule has 180 valence electrons. The molecule has 0 amide bonds. The fraction of sp³-hybridized carbons (Fsp3) is 0.125. The van der Waals surface area contributed by atoms with Crippen molar-refractivity contribution in [3.8, 4) is 56.4 Å². The summed E-state index contributed by atoms with van der Waals surface area (Å²) in [5.74, 6) is 3.20. The number of ether oxygens (including phenoxy) is 4. The molecule has 0 bridgehead atoms. The minimum atomic E-state index is 0.791. The molecule has 0 aliphatic carbocycles. The lowest BCUT2D eigenvalue weighted by Gasteiger charge is -2.21. The van der Waals surface area contributed by atoms with Gasteiger partial charge < -0.3 is 18.9 Å². The molecule has 0 aliphatic heterocycles. The van der Waals surface area contributed by atoms with Crippen LogP contribution >= 0.6 is 0 Å². The van der Waals surface area contributed by atoms with E-state index in [0.717, 1.165) is 67.2 Å². The maximum atomic E-state index is 5.89. The molecule has 0 radical (unpaired) electrons. The van der Waals surface area contributed by atoms with E-state index in [0.29, 0.717) is 0 Å². The largest absolute Gasteiger partial charge is 0.497 e. The van der Waals surface area contributed by atoms with Gasteiger partial charge in [-0.05, 0) is 81.7 Å². The molecule has 0 unspecified atom stereocenters. The van der Waals surface area contributed by atoms with E-state index in [1.165, 1.54) is 0 Å². The number of hydrogen-bond acceptors (Lipinski definition) is 4. The molecule has 0 atom stereocenters. The highest BCUT2D eigenvalue weighted by atomic mass is 16.5. The summed E-state index contributed by atoms with van der Waals surface area (Å²) in [6, 6.07) is 32.9. The van der Waals surface area contributed by atoms with E-state index in [1.807, 2.05) is 48.5 Å². The Morgan fingerprint density at radius 1 is 0.444 bits per heavy atom. The topological polar surface area (TPSA) is 36.9 Å². The van der Waals surface area contributed by atoms with Crippen molar-refractivity contribution in [1.82, 2.24) is 0 Å². The van der Waals surface area contributed by atoms with Gasteiger partial charge in [0.2, 0.25) is 0 Å². The summed E-state index contributed by atoms with van der Waals surface area (Å²) in [4.78, 5) is 0. The molecular formula is C32H28O4. The number of fused-ring (bicyclic) bond motifs is 1. The molecular weight excluding hydrogens is 448 g/mol. The highest BCUT2D eigenvalue weighted by molar-refractivity contribution is 6.12. The van der Waals surface area contributed by atoms with Gasteiger partial charge in [-0.25, -0.2) is 0 Å². The molecule has 5 aromatic carbocycles. The summed E-state index contributed by atoms with van der Waals surface area (Å²) in [6.45, 7) is 0. The smallest absolute Gasteiger partial charge is 0.127 e. The average molecular weight is 477 g/mol. The zero-order valence-corrected chi connectivity index (χ0v) is 20.9. The normalized spacial score (nSPS) is 10.8. The molecule has 5 aromatic rings. The van der Waals surface area contributed by atoms with Crippen LogP contribution < -0.4 is 18.9 Å². The fourth-order valence-corrected chi connectivity index (χ4v) is 4.76. The van der Waals surface area contributed by atoms with Crippen LogP contribution in [0.25, 0.3) is 44.2 Å². The third kappa shape index (κ3) is 4.22. The van der Waals surface area contributed by atoms with E-state index < -0.39 is 0 Å². The SMILES string of the molecule is COc1cccc(-c2cc3cccc(OC)c3c(-c3cccc(OC)c3)c2-c2cccc(OC)c2)c1. The Balaban J connectivity index is 1.99. The van der Waals surface area contributed by atoms with Crippen molar-refractivity contribution in [3.05, 3.63) is 97.1 Å². The van der Waals surface area contributed by atoms with Crippen molar-refractivity contribution in [2.45, 2.75) is 0 Å². The first-order chi connectivity index (χ1) is 17.7. The van der Waals surface area contributed by atoms with Gasteiger partial charge in [-0.2, -0.15) is 0 Å². The number of hydrogen-bond donors (Lipinski definition) is 0. The van der Waals surface area contributed by atoms with Gasteiger partial charge in [0.05, 0.1) is 28.4 Å². The predicted molar refractivity (Wildman–Crippen MR) is 146 cm³/mol. The Morgan fingerprint density at radius 2 is 0.944 bits per heavy atom. The van der Waals surface area contributed by atoms with E-state index in [2.05, 4.69) is 48.5 Å². The lowest BCUT2D eigenvalue weighted by molar-refractivity contribution is 0.415. The Hall–Kier alpha value is -4.44. The molecule has 0 aliphatic rings. The van der Waals surface area contributed by atoms with E-state index in [9.17, 15) is 0 Å². The molecule has 0 heterocycles. The van der Waals surface area contributed by atoms with Crippen molar-refractivity contribution in [2.75, 3.05) is 28.4 Å². The Labute approximate surface area is 211 Å². The second-order valence-corrected chi connectivity index (χ2v) is 8.43. The van der Waals surface area contributed by atoms with Crippen LogP contribution in [0.4, 0.5) is 0 Å². The van der Waals surface area contributed by atoms with Crippen molar-refractivity contribution < 1.29 is 18.9 Å². The maximum Gasteiger partial charge on any atom is 0.127 e. The van der Waals surface area contributed by atoms with Gasteiger partial charge in [0.25, 0.3) is 0 Å². The monoisotopic (exact) mass is 476 g/mol. The molecule has 5 rings (SSSR count). The highest BCUT2D eigenvalue weighted by Gasteiger charge is 2.21. The van der Waals surface area contributed by atoms with Crippen LogP contribution in [-0.2, 0) is 0 Å². The van der Waals surface area contributed by atoms with Gasteiger partial charge in [0, 0.05) is 10.9 Å². The summed E-state index contributed by atoms with van der Waals surface area (Å²) >= 11 is 0. The highest BCUT2D eigenvalue weighted by Crippen LogP contribution is 2.48. The first-order valence-corrected chi connectivity index (χ1v) is 11.7. The molecule has 0 fully saturated rings. The van der Waals surface area contributed by atoms with Crippen LogP contribution in [-0.4, -0.2) is 28.4 Å². The zero-order chi connectivity index (χ0) is 25.1. The number of benzene rings is 5. The summed E-state index contributed by atoms with van der Waals surface area (Å²) in [6.07, 6.45) is 0. The molecule has 0 saturated carbocycles. The summed E-state index contributed by atoms with van der Waals surface area (Å²) < 4.78 is 22.7. The zero-order valence-electron chi connectivity index (χ0n) is 20.9. The molecule has 0 aromatic heterocycles. The average Bonchev–Trinajstić information content (AvgIpc) is 2.95. The third-order valence-corrected chi connectivity index (χ3v) is 6.45. The van der Waals surface area contributed by atoms with Crippen LogP contribution in [0.5, 0.6) is 23.0 Å². The lowest BCUT2D eigenvalue weighted by Crippen LogP contribution is -1.96. The van der Waals surface area contributed by atoms with Crippen molar-refractivity contribution in [2.24, 2.45) is 0 Å². The molecule has 4 heteroatoms. The molecule has 0 N–H and O–H groups in total. The number of methoxy groups -OCH3 is 4. The minimum Gasteiger partial charge on any atom is -0.497 e. The van der Waals surface area contributed by atoms with Crippen molar-refractivity contribution in [1.29, 1.82) is 0 Å². The van der Waals surface area contributed by atoms with Crippen LogP contribution in [0, 0.1) is 0 Å². The second-order valence-electron chi connectivity index (χ2n) is 8.43. The molecule has 0 saturated heterocycles. The van der Waals surface area contributed by atoms with Crippen molar-refractivity contribution in [3.63, 3.8) is 0 Å². The molecule has 4 nitrogen and oxygen atoms in total. The second kappa shape index (κ2) is 10.0. The van der Waals surface area contributed by atoms with Gasteiger partial charge in [-0.1, -0.05) is 48.5 Å². The summed E-state index contributed by atoms with van der Waals surface area (Å²) in [5, 5.41) is 2.12. The van der Waals surface area contributed by atoms with Gasteiger partial charge in [-0.3, -0.25) is 0 Å². The van der Waals surface area contributed by atoms with E-state index in [-0.39, 0.29) is 0 Å². The summed E-state index contributed by atoms with van der Waals surface area (Å²) in [7, 11) is 6.78.